The lowest BCUT2D eigenvalue weighted by molar-refractivity contribution is -0.0765. The molecule has 0 bridgehead atoms. The predicted molar refractivity (Wildman–Crippen MR) is 71.5 cm³/mol. The molecule has 96 valence electrons. The smallest absolute Gasteiger partial charge is 0.119 e. The molecule has 1 unspecified atom stereocenters. The van der Waals surface area contributed by atoms with Crippen molar-refractivity contribution >= 4 is 15.9 Å². The number of aliphatic hydroxyl groups excluding tert-OH is 1. The number of hydrogen-bond acceptors (Lipinski definition) is 3. The van der Waals surface area contributed by atoms with Crippen LogP contribution in [0.2, 0.25) is 0 Å². The minimum Gasteiger partial charge on any atom is -0.497 e. The van der Waals surface area contributed by atoms with E-state index in [4.69, 9.17) is 9.47 Å². The quantitative estimate of drug-likeness (QED) is 0.909. The lowest BCUT2D eigenvalue weighted by Crippen LogP contribution is -2.39. The van der Waals surface area contributed by atoms with E-state index < -0.39 is 11.7 Å². The third kappa shape index (κ3) is 3.69. The zero-order valence-corrected chi connectivity index (χ0v) is 12.2. The maximum Gasteiger partial charge on any atom is 0.119 e. The van der Waals surface area contributed by atoms with Crippen LogP contribution in [0, 0.1) is 0 Å². The van der Waals surface area contributed by atoms with Crippen LogP contribution in [0.4, 0.5) is 0 Å². The molecule has 1 N–H and O–H groups in total. The molecule has 0 spiro atoms. The predicted octanol–water partition coefficient (Wildman–Crippen LogP) is 2.79. The Balaban J connectivity index is 2.87. The van der Waals surface area contributed by atoms with Gasteiger partial charge < -0.3 is 14.6 Å². The number of ether oxygens (including phenoxy) is 2. The molecule has 0 aromatic heterocycles. The monoisotopic (exact) mass is 302 g/mol. The Bertz CT molecular complexity index is 377. The van der Waals surface area contributed by atoms with Gasteiger partial charge >= 0.3 is 0 Å². The summed E-state index contributed by atoms with van der Waals surface area (Å²) < 4.78 is 11.4. The fraction of sp³-hybridized carbons (Fsp3) is 0.538. The molecule has 1 aromatic carbocycles. The van der Waals surface area contributed by atoms with Crippen molar-refractivity contribution in [2.75, 3.05) is 14.2 Å². The van der Waals surface area contributed by atoms with Crippen molar-refractivity contribution < 1.29 is 14.6 Å². The zero-order valence-electron chi connectivity index (χ0n) is 10.7. The summed E-state index contributed by atoms with van der Waals surface area (Å²) >= 11 is 3.47. The van der Waals surface area contributed by atoms with Gasteiger partial charge in [0.25, 0.3) is 0 Å². The van der Waals surface area contributed by atoms with Gasteiger partial charge in [0.15, 0.2) is 0 Å². The topological polar surface area (TPSA) is 38.7 Å². The highest BCUT2D eigenvalue weighted by Gasteiger charge is 2.28. The number of methoxy groups -OCH3 is 2. The molecule has 0 amide bonds. The summed E-state index contributed by atoms with van der Waals surface area (Å²) in [6.07, 6.45) is -0.0607. The lowest BCUT2D eigenvalue weighted by atomic mass is 9.95. The highest BCUT2D eigenvalue weighted by atomic mass is 79.9. The third-order valence-electron chi connectivity index (χ3n) is 2.99. The van der Waals surface area contributed by atoms with Gasteiger partial charge in [0.05, 0.1) is 18.8 Å². The lowest BCUT2D eigenvalue weighted by Gasteiger charge is -2.29. The summed E-state index contributed by atoms with van der Waals surface area (Å²) in [5, 5.41) is 10.1. The number of aliphatic hydroxyl groups is 1. The van der Waals surface area contributed by atoms with E-state index >= 15 is 0 Å². The second-order valence-electron chi connectivity index (χ2n) is 4.48. The van der Waals surface area contributed by atoms with E-state index in [1.807, 2.05) is 32.0 Å². The Morgan fingerprint density at radius 3 is 2.53 bits per heavy atom. The number of benzene rings is 1. The molecule has 0 saturated carbocycles. The van der Waals surface area contributed by atoms with E-state index in [1.54, 1.807) is 14.2 Å². The maximum atomic E-state index is 10.1. The molecule has 0 radical (unpaired) electrons. The summed E-state index contributed by atoms with van der Waals surface area (Å²) in [5.74, 6) is 0.783. The SMILES string of the molecule is COc1ccc(Br)c(CC(O)C(C)(C)OC)c1. The third-order valence-corrected chi connectivity index (χ3v) is 3.77. The molecule has 1 rings (SSSR count). The van der Waals surface area contributed by atoms with Gasteiger partial charge in [0.2, 0.25) is 0 Å². The van der Waals surface area contributed by atoms with E-state index in [2.05, 4.69) is 15.9 Å². The second-order valence-corrected chi connectivity index (χ2v) is 5.34. The van der Waals surface area contributed by atoms with Gasteiger partial charge in [-0.2, -0.15) is 0 Å². The van der Waals surface area contributed by atoms with Crippen LogP contribution in [0.1, 0.15) is 19.4 Å². The van der Waals surface area contributed by atoms with Gasteiger partial charge in [-0.05, 0) is 37.6 Å². The molecule has 0 aliphatic rings. The van der Waals surface area contributed by atoms with Gasteiger partial charge in [-0.15, -0.1) is 0 Å². The van der Waals surface area contributed by atoms with E-state index in [-0.39, 0.29) is 0 Å². The summed E-state index contributed by atoms with van der Waals surface area (Å²) in [7, 11) is 3.23. The van der Waals surface area contributed by atoms with Crippen LogP contribution < -0.4 is 4.74 Å². The van der Waals surface area contributed by atoms with Crippen LogP contribution in [0.15, 0.2) is 22.7 Å². The Morgan fingerprint density at radius 1 is 1.35 bits per heavy atom. The van der Waals surface area contributed by atoms with Crippen molar-refractivity contribution in [2.45, 2.75) is 32.0 Å². The largest absolute Gasteiger partial charge is 0.497 e. The fourth-order valence-electron chi connectivity index (χ4n) is 1.42. The van der Waals surface area contributed by atoms with Crippen LogP contribution in [-0.4, -0.2) is 31.0 Å². The van der Waals surface area contributed by atoms with E-state index in [0.717, 1.165) is 15.8 Å². The average molecular weight is 303 g/mol. The average Bonchev–Trinajstić information content (AvgIpc) is 2.31. The standard InChI is InChI=1S/C13H19BrO3/c1-13(2,17-4)12(15)8-9-7-10(16-3)5-6-11(9)14/h5-7,12,15H,8H2,1-4H3. The molecule has 0 aliphatic heterocycles. The van der Waals surface area contributed by atoms with Crippen molar-refractivity contribution in [1.82, 2.24) is 0 Å². The molecular weight excluding hydrogens is 284 g/mol. The Labute approximate surface area is 111 Å². The van der Waals surface area contributed by atoms with Gasteiger partial charge in [0.1, 0.15) is 5.75 Å². The molecular formula is C13H19BrO3. The van der Waals surface area contributed by atoms with Gasteiger partial charge in [-0.25, -0.2) is 0 Å². The number of halogens is 1. The molecule has 1 aromatic rings. The maximum absolute atomic E-state index is 10.1. The van der Waals surface area contributed by atoms with Crippen LogP contribution in [0.3, 0.4) is 0 Å². The molecule has 0 fully saturated rings. The number of rotatable bonds is 5. The molecule has 1 atom stereocenters. The Hall–Kier alpha value is -0.580. The van der Waals surface area contributed by atoms with E-state index in [1.165, 1.54) is 0 Å². The summed E-state index contributed by atoms with van der Waals surface area (Å²) in [4.78, 5) is 0. The minimum absolute atomic E-state index is 0.513. The first-order chi connectivity index (χ1) is 7.90. The minimum atomic E-state index is -0.573. The Kier molecular flexibility index (Phi) is 4.98. The molecule has 0 heterocycles. The van der Waals surface area contributed by atoms with Crippen LogP contribution in [0.5, 0.6) is 5.75 Å². The first-order valence-electron chi connectivity index (χ1n) is 5.46. The van der Waals surface area contributed by atoms with E-state index in [0.29, 0.717) is 6.42 Å². The highest BCUT2D eigenvalue weighted by Crippen LogP contribution is 2.26. The van der Waals surface area contributed by atoms with Crippen molar-refractivity contribution in [1.29, 1.82) is 0 Å². The van der Waals surface area contributed by atoms with Crippen molar-refractivity contribution in [3.05, 3.63) is 28.2 Å². The van der Waals surface area contributed by atoms with Gasteiger partial charge in [-0.1, -0.05) is 15.9 Å². The van der Waals surface area contributed by atoms with Crippen molar-refractivity contribution in [3.8, 4) is 5.75 Å². The summed E-state index contributed by atoms with van der Waals surface area (Å²) in [5.41, 5.74) is 0.435. The zero-order chi connectivity index (χ0) is 13.1. The molecule has 4 heteroatoms. The van der Waals surface area contributed by atoms with E-state index in [9.17, 15) is 5.11 Å². The van der Waals surface area contributed by atoms with Gasteiger partial charge in [0, 0.05) is 18.0 Å². The van der Waals surface area contributed by atoms with Crippen molar-refractivity contribution in [2.24, 2.45) is 0 Å². The first-order valence-corrected chi connectivity index (χ1v) is 6.25. The molecule has 0 aliphatic carbocycles. The molecule has 0 saturated heterocycles. The summed E-state index contributed by atoms with van der Waals surface area (Å²) in [6, 6.07) is 5.71. The summed E-state index contributed by atoms with van der Waals surface area (Å²) in [6.45, 7) is 3.73. The fourth-order valence-corrected chi connectivity index (χ4v) is 1.83. The molecule has 3 nitrogen and oxygen atoms in total. The Morgan fingerprint density at radius 2 is 2.00 bits per heavy atom. The van der Waals surface area contributed by atoms with Crippen LogP contribution in [-0.2, 0) is 11.2 Å². The molecule has 17 heavy (non-hydrogen) atoms. The highest BCUT2D eigenvalue weighted by molar-refractivity contribution is 9.10. The van der Waals surface area contributed by atoms with Crippen molar-refractivity contribution in [3.63, 3.8) is 0 Å². The van der Waals surface area contributed by atoms with Crippen LogP contribution in [0.25, 0.3) is 0 Å². The number of hydrogen-bond donors (Lipinski definition) is 1. The van der Waals surface area contributed by atoms with Gasteiger partial charge in [-0.3, -0.25) is 0 Å². The normalized spacial score (nSPS) is 13.5. The van der Waals surface area contributed by atoms with Crippen LogP contribution >= 0.6 is 15.9 Å². The second kappa shape index (κ2) is 5.85. The first kappa shape index (κ1) is 14.5.